The number of hydrogen-bond acceptors (Lipinski definition) is 4. The second-order valence-corrected chi connectivity index (χ2v) is 6.82. The maximum Gasteiger partial charge on any atom is 0.199 e. The number of fused-ring (bicyclic) bond motifs is 2. The van der Waals surface area contributed by atoms with Gasteiger partial charge >= 0.3 is 0 Å². The van der Waals surface area contributed by atoms with Crippen LogP contribution in [0, 0.1) is 5.82 Å². The predicted molar refractivity (Wildman–Crippen MR) is 98.5 cm³/mol. The molecule has 0 aliphatic heterocycles. The van der Waals surface area contributed by atoms with E-state index in [9.17, 15) is 9.18 Å². The van der Waals surface area contributed by atoms with Crippen molar-refractivity contribution < 1.29 is 9.50 Å². The number of rotatable bonds is 4. The summed E-state index contributed by atoms with van der Waals surface area (Å²) in [5.41, 5.74) is 1.72. The lowest BCUT2D eigenvalue weighted by molar-refractivity contribution is 0.280. The number of pyridine rings is 1. The highest BCUT2D eigenvalue weighted by atomic mass is 32.1. The maximum atomic E-state index is 13.7. The molecular formula is C19H15FN2O2S. The Labute approximate surface area is 146 Å². The monoisotopic (exact) mass is 354 g/mol. The van der Waals surface area contributed by atoms with Gasteiger partial charge in [-0.05, 0) is 36.8 Å². The highest BCUT2D eigenvalue weighted by Gasteiger charge is 2.15. The van der Waals surface area contributed by atoms with E-state index >= 15 is 0 Å². The first-order chi connectivity index (χ1) is 12.2. The summed E-state index contributed by atoms with van der Waals surface area (Å²) in [6, 6.07) is 11.9. The third-order valence-electron chi connectivity index (χ3n) is 4.12. The van der Waals surface area contributed by atoms with Crippen LogP contribution in [0.15, 0.2) is 53.5 Å². The van der Waals surface area contributed by atoms with Gasteiger partial charge in [0.1, 0.15) is 10.8 Å². The molecule has 0 radical (unpaired) electrons. The molecule has 126 valence electrons. The Morgan fingerprint density at radius 2 is 2.04 bits per heavy atom. The van der Waals surface area contributed by atoms with Gasteiger partial charge in [-0.15, -0.1) is 11.3 Å². The number of aliphatic hydroxyl groups is 1. The highest BCUT2D eigenvalue weighted by molar-refractivity contribution is 7.21. The average Bonchev–Trinajstić information content (AvgIpc) is 3.05. The maximum absolute atomic E-state index is 13.7. The van der Waals surface area contributed by atoms with Crippen LogP contribution in [0.4, 0.5) is 4.39 Å². The van der Waals surface area contributed by atoms with E-state index in [1.807, 2.05) is 28.8 Å². The Bertz CT molecular complexity index is 1100. The minimum Gasteiger partial charge on any atom is -0.396 e. The molecule has 6 heteroatoms. The van der Waals surface area contributed by atoms with Gasteiger partial charge in [0.2, 0.25) is 0 Å². The molecule has 0 saturated heterocycles. The minimum atomic E-state index is -0.391. The van der Waals surface area contributed by atoms with Crippen molar-refractivity contribution in [1.29, 1.82) is 0 Å². The predicted octanol–water partition coefficient (Wildman–Crippen LogP) is 3.80. The zero-order valence-electron chi connectivity index (χ0n) is 13.3. The second-order valence-electron chi connectivity index (χ2n) is 5.79. The van der Waals surface area contributed by atoms with E-state index < -0.39 is 5.82 Å². The quantitative estimate of drug-likeness (QED) is 0.606. The van der Waals surface area contributed by atoms with Gasteiger partial charge in [-0.25, -0.2) is 9.37 Å². The molecule has 4 rings (SSSR count). The Kier molecular flexibility index (Phi) is 4.07. The van der Waals surface area contributed by atoms with Crippen molar-refractivity contribution in [1.82, 2.24) is 9.55 Å². The van der Waals surface area contributed by atoms with Gasteiger partial charge in [-0.2, -0.15) is 0 Å². The Balaban J connectivity index is 1.98. The van der Waals surface area contributed by atoms with Crippen LogP contribution in [0.25, 0.3) is 31.7 Å². The van der Waals surface area contributed by atoms with Gasteiger partial charge in [0.15, 0.2) is 5.43 Å². The van der Waals surface area contributed by atoms with Crippen molar-refractivity contribution in [3.05, 3.63) is 64.7 Å². The van der Waals surface area contributed by atoms with Gasteiger partial charge in [-0.1, -0.05) is 12.1 Å². The summed E-state index contributed by atoms with van der Waals surface area (Å²) in [5, 5.41) is 10.2. The molecule has 4 aromatic rings. The third-order valence-corrected chi connectivity index (χ3v) is 5.19. The number of thiazole rings is 1. The largest absolute Gasteiger partial charge is 0.396 e. The highest BCUT2D eigenvalue weighted by Crippen LogP contribution is 2.29. The summed E-state index contributed by atoms with van der Waals surface area (Å²) in [6.07, 6.45) is 2.24. The van der Waals surface area contributed by atoms with Crippen molar-refractivity contribution in [3.8, 4) is 10.6 Å². The molecule has 0 fully saturated rings. The van der Waals surface area contributed by atoms with Crippen LogP contribution in [0.3, 0.4) is 0 Å². The summed E-state index contributed by atoms with van der Waals surface area (Å²) in [7, 11) is 0. The molecule has 4 nitrogen and oxygen atoms in total. The Morgan fingerprint density at radius 3 is 2.84 bits per heavy atom. The van der Waals surface area contributed by atoms with Gasteiger partial charge in [0.25, 0.3) is 0 Å². The van der Waals surface area contributed by atoms with Crippen molar-refractivity contribution in [2.45, 2.75) is 13.0 Å². The number of para-hydroxylation sites is 1. The van der Waals surface area contributed by atoms with Crippen molar-refractivity contribution in [3.63, 3.8) is 0 Å². The van der Waals surface area contributed by atoms with E-state index in [1.165, 1.54) is 29.5 Å². The lowest BCUT2D eigenvalue weighted by Crippen LogP contribution is -2.13. The summed E-state index contributed by atoms with van der Waals surface area (Å²) in [5.74, 6) is -0.391. The van der Waals surface area contributed by atoms with Crippen LogP contribution in [0.5, 0.6) is 0 Å². The van der Waals surface area contributed by atoms with Crippen LogP contribution in [-0.4, -0.2) is 21.3 Å². The molecule has 25 heavy (non-hydrogen) atoms. The first-order valence-electron chi connectivity index (χ1n) is 7.97. The second kappa shape index (κ2) is 6.38. The van der Waals surface area contributed by atoms with E-state index in [-0.39, 0.29) is 12.0 Å². The fourth-order valence-corrected chi connectivity index (χ4v) is 3.90. The van der Waals surface area contributed by atoms with Crippen LogP contribution in [0.1, 0.15) is 6.42 Å². The van der Waals surface area contributed by atoms with E-state index in [0.29, 0.717) is 34.4 Å². The molecule has 0 aliphatic rings. The molecule has 0 atom stereocenters. The SMILES string of the molecule is O=c1c(-c2nc3ccccc3s2)cn(CCCO)c2cc(F)ccc12. The van der Waals surface area contributed by atoms with E-state index in [2.05, 4.69) is 4.98 Å². The van der Waals surface area contributed by atoms with Crippen molar-refractivity contribution in [2.75, 3.05) is 6.61 Å². The fourth-order valence-electron chi connectivity index (χ4n) is 2.93. The molecule has 2 heterocycles. The molecule has 2 aromatic heterocycles. The molecule has 0 spiro atoms. The average molecular weight is 354 g/mol. The zero-order chi connectivity index (χ0) is 17.4. The van der Waals surface area contributed by atoms with Crippen LogP contribution in [-0.2, 0) is 6.54 Å². The fraction of sp³-hybridized carbons (Fsp3) is 0.158. The van der Waals surface area contributed by atoms with Crippen LogP contribution in [0.2, 0.25) is 0 Å². The van der Waals surface area contributed by atoms with Crippen molar-refractivity contribution in [2.24, 2.45) is 0 Å². The first-order valence-corrected chi connectivity index (χ1v) is 8.78. The number of benzene rings is 2. The van der Waals surface area contributed by atoms with Gasteiger partial charge in [0.05, 0.1) is 21.3 Å². The first kappa shape index (κ1) is 15.9. The minimum absolute atomic E-state index is 0.0272. The Hall–Kier alpha value is -2.57. The number of aryl methyl sites for hydroxylation is 1. The number of aliphatic hydroxyl groups excluding tert-OH is 1. The smallest absolute Gasteiger partial charge is 0.199 e. The molecule has 2 aromatic carbocycles. The summed E-state index contributed by atoms with van der Waals surface area (Å²) >= 11 is 1.46. The van der Waals surface area contributed by atoms with Gasteiger partial charge < -0.3 is 9.67 Å². The molecule has 1 N–H and O–H groups in total. The lowest BCUT2D eigenvalue weighted by Gasteiger charge is -2.12. The topological polar surface area (TPSA) is 55.1 Å². The van der Waals surface area contributed by atoms with Crippen LogP contribution < -0.4 is 5.43 Å². The molecular weight excluding hydrogens is 339 g/mol. The number of halogens is 1. The van der Waals surface area contributed by atoms with Crippen LogP contribution >= 0.6 is 11.3 Å². The van der Waals surface area contributed by atoms with Gasteiger partial charge in [-0.3, -0.25) is 4.79 Å². The lowest BCUT2D eigenvalue weighted by atomic mass is 10.1. The summed E-state index contributed by atoms with van der Waals surface area (Å²) in [4.78, 5) is 17.5. The van der Waals surface area contributed by atoms with E-state index in [0.717, 1.165) is 10.2 Å². The summed E-state index contributed by atoms with van der Waals surface area (Å²) in [6.45, 7) is 0.522. The Morgan fingerprint density at radius 1 is 1.20 bits per heavy atom. The standard InChI is InChI=1S/C19H15FN2O2S/c20-12-6-7-13-16(10-12)22(8-3-9-23)11-14(18(13)24)19-21-15-4-1-2-5-17(15)25-19/h1-2,4-7,10-11,23H,3,8-9H2. The number of nitrogens with zero attached hydrogens (tertiary/aromatic N) is 2. The number of hydrogen-bond donors (Lipinski definition) is 1. The van der Waals surface area contributed by atoms with E-state index in [4.69, 9.17) is 5.11 Å². The van der Waals surface area contributed by atoms with Crippen molar-refractivity contribution >= 4 is 32.5 Å². The molecule has 0 aliphatic carbocycles. The zero-order valence-corrected chi connectivity index (χ0v) is 14.1. The molecule has 0 unspecified atom stereocenters. The molecule has 0 amide bonds. The third kappa shape index (κ3) is 2.83. The van der Waals surface area contributed by atoms with Gasteiger partial charge in [0, 0.05) is 24.7 Å². The molecule has 0 bridgehead atoms. The van der Waals surface area contributed by atoms with E-state index in [1.54, 1.807) is 6.20 Å². The normalized spacial score (nSPS) is 11.4. The number of aromatic nitrogens is 2. The summed E-state index contributed by atoms with van der Waals surface area (Å²) < 4.78 is 16.5. The molecule has 0 saturated carbocycles.